The van der Waals surface area contributed by atoms with Crippen LogP contribution in [0.5, 0.6) is 0 Å². The van der Waals surface area contributed by atoms with Crippen molar-refractivity contribution < 1.29 is 4.52 Å². The first kappa shape index (κ1) is 18.8. The third-order valence-electron chi connectivity index (χ3n) is 5.25. The van der Waals surface area contributed by atoms with Crippen LogP contribution in [-0.2, 0) is 13.0 Å². The highest BCUT2D eigenvalue weighted by Crippen LogP contribution is 2.27. The van der Waals surface area contributed by atoms with Crippen molar-refractivity contribution >= 4 is 0 Å². The highest BCUT2D eigenvalue weighted by atomic mass is 16.5. The molecule has 28 heavy (non-hydrogen) atoms. The van der Waals surface area contributed by atoms with Crippen molar-refractivity contribution in [1.29, 1.82) is 0 Å². The summed E-state index contributed by atoms with van der Waals surface area (Å²) in [6.45, 7) is 7.40. The van der Waals surface area contributed by atoms with Gasteiger partial charge in [-0.15, -0.1) is 0 Å². The van der Waals surface area contributed by atoms with Crippen LogP contribution in [0.4, 0.5) is 0 Å². The van der Waals surface area contributed by atoms with Gasteiger partial charge in [-0.1, -0.05) is 49.3 Å². The molecular formula is C23H28N4O. The number of hydrogen-bond acceptors (Lipinski definition) is 5. The van der Waals surface area contributed by atoms with Gasteiger partial charge in [-0.25, -0.2) is 0 Å². The summed E-state index contributed by atoms with van der Waals surface area (Å²) < 4.78 is 5.57. The van der Waals surface area contributed by atoms with E-state index in [0.717, 1.165) is 55.4 Å². The minimum Gasteiger partial charge on any atom is -0.339 e. The Morgan fingerprint density at radius 2 is 2.00 bits per heavy atom. The van der Waals surface area contributed by atoms with Gasteiger partial charge in [0.05, 0.1) is 11.6 Å². The molecule has 1 aromatic carbocycles. The van der Waals surface area contributed by atoms with Crippen molar-refractivity contribution in [3.8, 4) is 11.3 Å². The van der Waals surface area contributed by atoms with Crippen LogP contribution in [0.15, 0.2) is 53.2 Å². The summed E-state index contributed by atoms with van der Waals surface area (Å²) in [6.07, 6.45) is 5.00. The maximum Gasteiger partial charge on any atom is 0.231 e. The van der Waals surface area contributed by atoms with Crippen LogP contribution in [0.2, 0.25) is 0 Å². The van der Waals surface area contributed by atoms with E-state index in [4.69, 9.17) is 4.52 Å². The lowest BCUT2D eigenvalue weighted by molar-refractivity contribution is 0.180. The van der Waals surface area contributed by atoms with Crippen molar-refractivity contribution in [1.82, 2.24) is 20.0 Å². The fourth-order valence-electron chi connectivity index (χ4n) is 3.85. The molecule has 0 bridgehead atoms. The molecule has 5 heteroatoms. The molecule has 2 aromatic heterocycles. The Morgan fingerprint density at radius 1 is 1.14 bits per heavy atom. The summed E-state index contributed by atoms with van der Waals surface area (Å²) >= 11 is 0. The Morgan fingerprint density at radius 3 is 2.75 bits per heavy atom. The van der Waals surface area contributed by atoms with Crippen molar-refractivity contribution in [2.24, 2.45) is 5.92 Å². The van der Waals surface area contributed by atoms with Gasteiger partial charge in [-0.05, 0) is 43.0 Å². The summed E-state index contributed by atoms with van der Waals surface area (Å²) in [5.41, 5.74) is 3.50. The zero-order valence-corrected chi connectivity index (χ0v) is 16.7. The Bertz CT molecular complexity index is 873. The van der Waals surface area contributed by atoms with Crippen LogP contribution < -0.4 is 0 Å². The molecule has 3 heterocycles. The summed E-state index contributed by atoms with van der Waals surface area (Å²) in [5, 5.41) is 4.17. The molecule has 0 N–H and O–H groups in total. The first-order valence-corrected chi connectivity index (χ1v) is 10.2. The van der Waals surface area contributed by atoms with E-state index >= 15 is 0 Å². The zero-order chi connectivity index (χ0) is 19.3. The topological polar surface area (TPSA) is 55.1 Å². The number of piperidine rings is 1. The number of pyridine rings is 1. The highest BCUT2D eigenvalue weighted by molar-refractivity contribution is 5.58. The first-order chi connectivity index (χ1) is 13.7. The molecule has 0 spiro atoms. The number of aromatic nitrogens is 3. The Labute approximate surface area is 166 Å². The molecule has 1 aliphatic rings. The normalized spacial score (nSPS) is 17.9. The minimum absolute atomic E-state index is 0.343. The molecule has 3 aromatic rings. The zero-order valence-electron chi connectivity index (χ0n) is 16.7. The van der Waals surface area contributed by atoms with E-state index in [9.17, 15) is 0 Å². The van der Waals surface area contributed by atoms with Gasteiger partial charge in [0.25, 0.3) is 0 Å². The smallest absolute Gasteiger partial charge is 0.231 e. The monoisotopic (exact) mass is 376 g/mol. The lowest BCUT2D eigenvalue weighted by Crippen LogP contribution is -2.34. The van der Waals surface area contributed by atoms with Gasteiger partial charge in [0.15, 0.2) is 5.82 Å². The minimum atomic E-state index is 0.343. The molecule has 1 atom stereocenters. The largest absolute Gasteiger partial charge is 0.339 e. The van der Waals surface area contributed by atoms with Crippen LogP contribution in [0.25, 0.3) is 11.3 Å². The molecule has 0 aliphatic carbocycles. The number of benzene rings is 1. The summed E-state index contributed by atoms with van der Waals surface area (Å²) in [6, 6.07) is 14.8. The van der Waals surface area contributed by atoms with Gasteiger partial charge in [0, 0.05) is 31.3 Å². The molecule has 1 unspecified atom stereocenters. The number of likely N-dealkylation sites (tertiary alicyclic amines) is 1. The van der Waals surface area contributed by atoms with Gasteiger partial charge in [0.2, 0.25) is 5.89 Å². The fourth-order valence-corrected chi connectivity index (χ4v) is 3.85. The molecule has 4 rings (SSSR count). The van der Waals surface area contributed by atoms with E-state index in [1.54, 1.807) is 0 Å². The third kappa shape index (κ3) is 4.65. The van der Waals surface area contributed by atoms with Crippen LogP contribution in [-0.4, -0.2) is 33.1 Å². The molecule has 0 radical (unpaired) electrons. The molecule has 1 fully saturated rings. The quantitative estimate of drug-likeness (QED) is 0.624. The maximum atomic E-state index is 5.57. The molecule has 0 saturated carbocycles. The lowest BCUT2D eigenvalue weighted by atomic mass is 9.97. The average molecular weight is 377 g/mol. The number of hydrogen-bond donors (Lipinski definition) is 0. The van der Waals surface area contributed by atoms with Crippen LogP contribution in [0, 0.1) is 5.92 Å². The van der Waals surface area contributed by atoms with Gasteiger partial charge < -0.3 is 4.52 Å². The van der Waals surface area contributed by atoms with Crippen LogP contribution >= 0.6 is 0 Å². The number of nitrogens with zero attached hydrogens (tertiary/aromatic N) is 4. The molecule has 0 amide bonds. The van der Waals surface area contributed by atoms with Crippen LogP contribution in [0.1, 0.15) is 49.9 Å². The highest BCUT2D eigenvalue weighted by Gasteiger charge is 2.26. The Hall–Kier alpha value is -2.53. The second-order valence-electron chi connectivity index (χ2n) is 8.13. The number of rotatable bonds is 6. The Balaban J connectivity index is 1.38. The summed E-state index contributed by atoms with van der Waals surface area (Å²) in [7, 11) is 0. The van der Waals surface area contributed by atoms with Gasteiger partial charge in [0.1, 0.15) is 0 Å². The predicted molar refractivity (Wildman–Crippen MR) is 110 cm³/mol. The van der Waals surface area contributed by atoms with E-state index in [1.165, 1.54) is 12.0 Å². The summed E-state index contributed by atoms with van der Waals surface area (Å²) in [4.78, 5) is 11.6. The van der Waals surface area contributed by atoms with Gasteiger partial charge in [-0.3, -0.25) is 9.88 Å². The molecule has 5 nitrogen and oxygen atoms in total. The van der Waals surface area contributed by atoms with E-state index in [0.29, 0.717) is 11.8 Å². The molecular weight excluding hydrogens is 348 g/mol. The van der Waals surface area contributed by atoms with Crippen molar-refractivity contribution in [2.75, 3.05) is 13.1 Å². The average Bonchev–Trinajstić information content (AvgIpc) is 3.17. The van der Waals surface area contributed by atoms with E-state index < -0.39 is 0 Å². The van der Waals surface area contributed by atoms with E-state index in [2.05, 4.69) is 58.1 Å². The molecule has 1 saturated heterocycles. The van der Waals surface area contributed by atoms with Gasteiger partial charge >= 0.3 is 0 Å². The SMILES string of the molecule is CC(C)Cc1noc(C2CCCN(Cc3ccc(-c4ccccn4)cc3)C2)n1. The van der Waals surface area contributed by atoms with Crippen molar-refractivity contribution in [3.05, 3.63) is 65.9 Å². The standard InChI is InChI=1S/C23H28N4O/c1-17(2)14-22-25-23(28-26-22)20-6-5-13-27(16-20)15-18-8-10-19(11-9-18)21-7-3-4-12-24-21/h3-4,7-12,17,20H,5-6,13-16H2,1-2H3. The van der Waals surface area contributed by atoms with Gasteiger partial charge in [-0.2, -0.15) is 4.98 Å². The first-order valence-electron chi connectivity index (χ1n) is 10.2. The van der Waals surface area contributed by atoms with Crippen LogP contribution in [0.3, 0.4) is 0 Å². The van der Waals surface area contributed by atoms with E-state index in [-0.39, 0.29) is 0 Å². The Kier molecular flexibility index (Phi) is 5.81. The molecule has 1 aliphatic heterocycles. The molecule has 146 valence electrons. The lowest BCUT2D eigenvalue weighted by Gasteiger charge is -2.31. The summed E-state index contributed by atoms with van der Waals surface area (Å²) in [5.74, 6) is 2.54. The maximum absolute atomic E-state index is 5.57. The third-order valence-corrected chi connectivity index (χ3v) is 5.25. The predicted octanol–water partition coefficient (Wildman–Crippen LogP) is 4.71. The van der Waals surface area contributed by atoms with Crippen molar-refractivity contribution in [3.63, 3.8) is 0 Å². The second kappa shape index (κ2) is 8.65. The second-order valence-corrected chi connectivity index (χ2v) is 8.13. The fraction of sp³-hybridized carbons (Fsp3) is 0.435. The van der Waals surface area contributed by atoms with Crippen molar-refractivity contribution in [2.45, 2.75) is 45.6 Å². The van der Waals surface area contributed by atoms with E-state index in [1.807, 2.05) is 24.4 Å².